The van der Waals surface area contributed by atoms with Crippen LogP contribution in [-0.2, 0) is 0 Å². The van der Waals surface area contributed by atoms with Crippen LogP contribution in [0.15, 0.2) is 53.0 Å². The summed E-state index contributed by atoms with van der Waals surface area (Å²) in [6.45, 7) is 2.64. The Hall–Kier alpha value is -2.54. The van der Waals surface area contributed by atoms with Crippen LogP contribution in [0.4, 0.5) is 11.9 Å². The molecule has 3 aromatic rings. The zero-order chi connectivity index (χ0) is 18.1. The summed E-state index contributed by atoms with van der Waals surface area (Å²) in [6, 6.07) is 16.7. The van der Waals surface area contributed by atoms with E-state index in [9.17, 15) is 0 Å². The Balaban J connectivity index is 1.69. The molecule has 26 heavy (non-hydrogen) atoms. The van der Waals surface area contributed by atoms with Gasteiger partial charge in [-0.1, -0.05) is 40.2 Å². The molecule has 0 bridgehead atoms. The van der Waals surface area contributed by atoms with E-state index in [1.54, 1.807) is 0 Å². The van der Waals surface area contributed by atoms with E-state index in [2.05, 4.69) is 67.7 Å². The molecule has 2 aromatic carbocycles. The summed E-state index contributed by atoms with van der Waals surface area (Å²) in [5, 5.41) is 7.85. The molecule has 2 atom stereocenters. The predicted octanol–water partition coefficient (Wildman–Crippen LogP) is 4.17. The molecule has 0 saturated heterocycles. The lowest BCUT2D eigenvalue weighted by Crippen LogP contribution is -2.28. The van der Waals surface area contributed by atoms with Gasteiger partial charge in [0.1, 0.15) is 5.75 Å². The molecule has 0 saturated carbocycles. The van der Waals surface area contributed by atoms with Crippen molar-refractivity contribution in [1.29, 1.82) is 0 Å². The molecule has 1 aliphatic rings. The highest BCUT2D eigenvalue weighted by atomic mass is 79.9. The third-order valence-corrected chi connectivity index (χ3v) is 5.08. The molecule has 0 radical (unpaired) electrons. The standard InChI is InChI=1S/C19H20BrN5O/c1-2-26-15-9-5-13(6-10-15)17-11-16(12-3-7-14(20)8-4-12)22-19-23-18(21)24-25(17)19/h3-10,16-17H,2,11H2,1H3,(H3,21,22,23,24)/t16-,17+/m1/s1. The second kappa shape index (κ2) is 6.99. The average molecular weight is 414 g/mol. The number of hydrogen-bond acceptors (Lipinski definition) is 5. The predicted molar refractivity (Wildman–Crippen MR) is 105 cm³/mol. The molecule has 2 heterocycles. The van der Waals surface area contributed by atoms with Crippen molar-refractivity contribution in [3.63, 3.8) is 0 Å². The lowest BCUT2D eigenvalue weighted by molar-refractivity contribution is 0.340. The number of anilines is 2. The second-order valence-electron chi connectivity index (χ2n) is 6.24. The smallest absolute Gasteiger partial charge is 0.241 e. The Bertz CT molecular complexity index is 891. The number of fused-ring (bicyclic) bond motifs is 1. The molecular formula is C19H20BrN5O. The summed E-state index contributed by atoms with van der Waals surface area (Å²) >= 11 is 3.49. The molecule has 6 nitrogen and oxygen atoms in total. The minimum atomic E-state index is 0.0559. The lowest BCUT2D eigenvalue weighted by Gasteiger charge is -2.31. The van der Waals surface area contributed by atoms with Crippen LogP contribution in [0, 0.1) is 0 Å². The van der Waals surface area contributed by atoms with E-state index >= 15 is 0 Å². The van der Waals surface area contributed by atoms with Crippen LogP contribution in [0.5, 0.6) is 5.75 Å². The van der Waals surface area contributed by atoms with Crippen molar-refractivity contribution in [3.05, 3.63) is 64.1 Å². The third-order valence-electron chi connectivity index (χ3n) is 4.55. The number of aromatic nitrogens is 3. The number of hydrogen-bond donors (Lipinski definition) is 2. The van der Waals surface area contributed by atoms with Crippen LogP contribution in [0.1, 0.15) is 36.6 Å². The van der Waals surface area contributed by atoms with Crippen LogP contribution in [-0.4, -0.2) is 21.4 Å². The summed E-state index contributed by atoms with van der Waals surface area (Å²) in [7, 11) is 0. The monoisotopic (exact) mass is 413 g/mol. The number of benzene rings is 2. The van der Waals surface area contributed by atoms with E-state index in [0.29, 0.717) is 12.6 Å². The molecular weight excluding hydrogens is 394 g/mol. The zero-order valence-electron chi connectivity index (χ0n) is 14.4. The maximum absolute atomic E-state index is 5.86. The van der Waals surface area contributed by atoms with E-state index < -0.39 is 0 Å². The van der Waals surface area contributed by atoms with E-state index in [1.165, 1.54) is 5.56 Å². The zero-order valence-corrected chi connectivity index (χ0v) is 16.0. The van der Waals surface area contributed by atoms with Crippen molar-refractivity contribution < 1.29 is 4.74 Å². The topological polar surface area (TPSA) is 78.0 Å². The Labute approximate surface area is 160 Å². The van der Waals surface area contributed by atoms with Crippen LogP contribution in [0.3, 0.4) is 0 Å². The van der Waals surface area contributed by atoms with Gasteiger partial charge in [-0.3, -0.25) is 0 Å². The van der Waals surface area contributed by atoms with Gasteiger partial charge >= 0.3 is 0 Å². The van der Waals surface area contributed by atoms with E-state index in [-0.39, 0.29) is 18.0 Å². The highest BCUT2D eigenvalue weighted by Gasteiger charge is 2.30. The first kappa shape index (κ1) is 16.9. The van der Waals surface area contributed by atoms with Gasteiger partial charge in [0.05, 0.1) is 18.7 Å². The molecule has 0 unspecified atom stereocenters. The Morgan fingerprint density at radius 3 is 2.54 bits per heavy atom. The highest BCUT2D eigenvalue weighted by molar-refractivity contribution is 9.10. The fraction of sp³-hybridized carbons (Fsp3) is 0.263. The summed E-state index contributed by atoms with van der Waals surface area (Å²) < 4.78 is 8.49. The quantitative estimate of drug-likeness (QED) is 0.670. The normalized spacial score (nSPS) is 18.8. The number of nitrogens with one attached hydrogen (secondary N) is 1. The third kappa shape index (κ3) is 3.26. The van der Waals surface area contributed by atoms with Gasteiger partial charge in [-0.25, -0.2) is 4.68 Å². The molecule has 0 spiro atoms. The number of halogens is 1. The van der Waals surface area contributed by atoms with Gasteiger partial charge in [0.25, 0.3) is 0 Å². The highest BCUT2D eigenvalue weighted by Crippen LogP contribution is 2.38. The molecule has 0 fully saturated rings. The van der Waals surface area contributed by atoms with Gasteiger partial charge in [-0.2, -0.15) is 4.98 Å². The Morgan fingerprint density at radius 2 is 1.85 bits per heavy atom. The summed E-state index contributed by atoms with van der Waals surface area (Å²) in [4.78, 5) is 4.35. The summed E-state index contributed by atoms with van der Waals surface area (Å²) in [5.41, 5.74) is 8.22. The van der Waals surface area contributed by atoms with Gasteiger partial charge in [0.2, 0.25) is 11.9 Å². The number of rotatable bonds is 4. The van der Waals surface area contributed by atoms with Crippen LogP contribution >= 0.6 is 15.9 Å². The number of ether oxygens (including phenoxy) is 1. The maximum atomic E-state index is 5.86. The average Bonchev–Trinajstić information content (AvgIpc) is 3.02. The Morgan fingerprint density at radius 1 is 1.15 bits per heavy atom. The molecule has 7 heteroatoms. The van der Waals surface area contributed by atoms with Gasteiger partial charge in [0, 0.05) is 4.47 Å². The number of nitrogens with zero attached hydrogens (tertiary/aromatic N) is 3. The largest absolute Gasteiger partial charge is 0.494 e. The molecule has 1 aromatic heterocycles. The van der Waals surface area contributed by atoms with E-state index in [0.717, 1.165) is 22.2 Å². The Kier molecular flexibility index (Phi) is 4.55. The minimum Gasteiger partial charge on any atom is -0.494 e. The van der Waals surface area contributed by atoms with Crippen LogP contribution < -0.4 is 15.8 Å². The van der Waals surface area contributed by atoms with Gasteiger partial charge in [-0.05, 0) is 48.7 Å². The minimum absolute atomic E-state index is 0.0559. The first-order valence-corrected chi connectivity index (χ1v) is 9.40. The van der Waals surface area contributed by atoms with Gasteiger partial charge in [-0.15, -0.1) is 5.10 Å². The second-order valence-corrected chi connectivity index (χ2v) is 7.16. The fourth-order valence-electron chi connectivity index (χ4n) is 3.34. The van der Waals surface area contributed by atoms with E-state index in [1.807, 2.05) is 23.7 Å². The van der Waals surface area contributed by atoms with Crippen molar-refractivity contribution in [1.82, 2.24) is 14.8 Å². The lowest BCUT2D eigenvalue weighted by atomic mass is 9.93. The SMILES string of the molecule is CCOc1ccc([C@@H]2C[C@H](c3ccc(Br)cc3)Nc3nc(N)nn32)cc1. The van der Waals surface area contributed by atoms with Crippen LogP contribution in [0.25, 0.3) is 0 Å². The first-order valence-electron chi connectivity index (χ1n) is 8.61. The van der Waals surface area contributed by atoms with Gasteiger partial charge < -0.3 is 15.8 Å². The fourth-order valence-corrected chi connectivity index (χ4v) is 3.60. The van der Waals surface area contributed by atoms with Crippen molar-refractivity contribution >= 4 is 27.8 Å². The molecule has 4 rings (SSSR count). The number of nitrogen functional groups attached to an aromatic ring is 1. The maximum Gasteiger partial charge on any atom is 0.241 e. The van der Waals surface area contributed by atoms with Crippen molar-refractivity contribution in [3.8, 4) is 5.75 Å². The molecule has 1 aliphatic heterocycles. The summed E-state index contributed by atoms with van der Waals surface area (Å²) in [6.07, 6.45) is 0.853. The first-order chi connectivity index (χ1) is 12.6. The number of nitrogens with two attached hydrogens (primary N) is 1. The van der Waals surface area contributed by atoms with Crippen molar-refractivity contribution in [2.45, 2.75) is 25.4 Å². The van der Waals surface area contributed by atoms with Crippen molar-refractivity contribution in [2.75, 3.05) is 17.7 Å². The van der Waals surface area contributed by atoms with Crippen molar-refractivity contribution in [2.24, 2.45) is 0 Å². The van der Waals surface area contributed by atoms with Crippen LogP contribution in [0.2, 0.25) is 0 Å². The molecule has 3 N–H and O–H groups in total. The molecule has 0 amide bonds. The van der Waals surface area contributed by atoms with Gasteiger partial charge in [0.15, 0.2) is 0 Å². The molecule has 134 valence electrons. The summed E-state index contributed by atoms with van der Waals surface area (Å²) in [5.74, 6) is 1.84. The van der Waals surface area contributed by atoms with E-state index in [4.69, 9.17) is 10.5 Å². The molecule has 0 aliphatic carbocycles.